The van der Waals surface area contributed by atoms with Crippen molar-refractivity contribution in [2.24, 2.45) is 0 Å². The number of nitrogens with zero attached hydrogens (tertiary/aromatic N) is 4. The molecule has 0 aromatic carbocycles. The molecular weight excluding hydrogens is 352 g/mol. The van der Waals surface area contributed by atoms with Crippen LogP contribution in [-0.4, -0.2) is 43.6 Å². The van der Waals surface area contributed by atoms with Crippen molar-refractivity contribution in [1.82, 2.24) is 19.9 Å². The molecule has 0 aliphatic carbocycles. The molecule has 24 heavy (non-hydrogen) atoms. The Morgan fingerprint density at radius 1 is 1.38 bits per heavy atom. The molecule has 0 atom stereocenters. The minimum atomic E-state index is -0.443. The van der Waals surface area contributed by atoms with Gasteiger partial charge in [0.15, 0.2) is 5.13 Å². The zero-order valence-electron chi connectivity index (χ0n) is 13.7. The first-order valence-corrected chi connectivity index (χ1v) is 8.86. The molecule has 130 valence electrons. The lowest BCUT2D eigenvalue weighted by atomic mass is 10.4. The number of hydrogen-bond acceptors (Lipinski definition) is 9. The van der Waals surface area contributed by atoms with Crippen molar-refractivity contribution < 1.29 is 14.3 Å². The number of ether oxygens (including phenoxy) is 1. The monoisotopic (exact) mass is 370 g/mol. The first-order valence-electron chi connectivity index (χ1n) is 7.06. The fourth-order valence-electron chi connectivity index (χ4n) is 1.64. The van der Waals surface area contributed by atoms with Crippen LogP contribution in [0.25, 0.3) is 0 Å². The van der Waals surface area contributed by atoms with Gasteiger partial charge in [-0.05, 0) is 27.7 Å². The highest BCUT2D eigenvalue weighted by molar-refractivity contribution is 7.99. The summed E-state index contributed by atoms with van der Waals surface area (Å²) < 4.78 is 6.45. The predicted octanol–water partition coefficient (Wildman–Crippen LogP) is 1.36. The maximum absolute atomic E-state index is 12.0. The van der Waals surface area contributed by atoms with Crippen molar-refractivity contribution in [3.05, 3.63) is 16.4 Å². The van der Waals surface area contributed by atoms with E-state index in [1.165, 1.54) is 4.68 Å². The van der Waals surface area contributed by atoms with Crippen LogP contribution in [0.2, 0.25) is 0 Å². The van der Waals surface area contributed by atoms with Gasteiger partial charge in [0.05, 0.1) is 17.6 Å². The standard InChI is InChI=1S/C13H18N6O3S2/c1-6(2)22-11(21)10-7(3)15-12(24-10)16-9(20)5-23-13-18-17-8(4)19(13)14/h6H,5,14H2,1-4H3,(H,15,16,20). The Morgan fingerprint density at radius 3 is 2.67 bits per heavy atom. The molecule has 2 aromatic rings. The zero-order chi connectivity index (χ0) is 17.9. The molecule has 0 fully saturated rings. The van der Waals surface area contributed by atoms with Crippen molar-refractivity contribution in [2.45, 2.75) is 39.0 Å². The minimum Gasteiger partial charge on any atom is -0.459 e. The number of anilines is 1. The molecule has 11 heteroatoms. The van der Waals surface area contributed by atoms with Crippen molar-refractivity contribution >= 4 is 40.1 Å². The normalized spacial score (nSPS) is 10.9. The molecule has 2 aromatic heterocycles. The van der Waals surface area contributed by atoms with Crippen LogP contribution >= 0.6 is 23.1 Å². The van der Waals surface area contributed by atoms with E-state index in [-0.39, 0.29) is 17.8 Å². The quantitative estimate of drug-likeness (QED) is 0.443. The number of nitrogens with one attached hydrogen (secondary N) is 1. The van der Waals surface area contributed by atoms with Gasteiger partial charge in [0.25, 0.3) is 0 Å². The summed E-state index contributed by atoms with van der Waals surface area (Å²) in [6, 6.07) is 0. The van der Waals surface area contributed by atoms with Crippen LogP contribution in [0.1, 0.15) is 35.0 Å². The number of esters is 1. The van der Waals surface area contributed by atoms with E-state index in [0.717, 1.165) is 23.1 Å². The molecular formula is C13H18N6O3S2. The number of nitrogen functional groups attached to an aromatic ring is 1. The van der Waals surface area contributed by atoms with E-state index in [9.17, 15) is 9.59 Å². The molecule has 3 N–H and O–H groups in total. The van der Waals surface area contributed by atoms with Gasteiger partial charge in [-0.1, -0.05) is 23.1 Å². The molecule has 0 saturated heterocycles. The first-order chi connectivity index (χ1) is 11.3. The van der Waals surface area contributed by atoms with Crippen LogP contribution in [0.4, 0.5) is 5.13 Å². The van der Waals surface area contributed by atoms with E-state index in [4.69, 9.17) is 10.6 Å². The van der Waals surface area contributed by atoms with Gasteiger partial charge >= 0.3 is 5.97 Å². The van der Waals surface area contributed by atoms with Crippen LogP contribution in [0.5, 0.6) is 0 Å². The lowest BCUT2D eigenvalue weighted by Gasteiger charge is -2.05. The topological polar surface area (TPSA) is 125 Å². The van der Waals surface area contributed by atoms with Gasteiger partial charge in [0.1, 0.15) is 10.7 Å². The predicted molar refractivity (Wildman–Crippen MR) is 91.7 cm³/mol. The van der Waals surface area contributed by atoms with Crippen molar-refractivity contribution in [2.75, 3.05) is 16.9 Å². The van der Waals surface area contributed by atoms with E-state index in [1.807, 2.05) is 0 Å². The zero-order valence-corrected chi connectivity index (χ0v) is 15.3. The molecule has 0 unspecified atom stereocenters. The molecule has 0 aliphatic rings. The second-order valence-corrected chi connectivity index (χ2v) is 7.07. The summed E-state index contributed by atoms with van der Waals surface area (Å²) in [5, 5.41) is 11.1. The van der Waals surface area contributed by atoms with Crippen LogP contribution in [-0.2, 0) is 9.53 Å². The van der Waals surface area contributed by atoms with Crippen molar-refractivity contribution in [3.63, 3.8) is 0 Å². The summed E-state index contributed by atoms with van der Waals surface area (Å²) in [7, 11) is 0. The molecule has 9 nitrogen and oxygen atoms in total. The smallest absolute Gasteiger partial charge is 0.350 e. The third-order valence-electron chi connectivity index (χ3n) is 2.74. The molecule has 0 aliphatic heterocycles. The number of thiazole rings is 1. The number of carbonyl (C=O) groups is 2. The third-order valence-corrected chi connectivity index (χ3v) is 4.73. The maximum atomic E-state index is 12.0. The van der Waals surface area contributed by atoms with Crippen molar-refractivity contribution in [1.29, 1.82) is 0 Å². The van der Waals surface area contributed by atoms with E-state index in [1.54, 1.807) is 27.7 Å². The Hall–Kier alpha value is -2.14. The fourth-order valence-corrected chi connectivity index (χ4v) is 3.21. The molecule has 2 rings (SSSR count). The molecule has 0 radical (unpaired) electrons. The number of nitrogens with two attached hydrogens (primary N) is 1. The average Bonchev–Trinajstić information content (AvgIpc) is 3.00. The Morgan fingerprint density at radius 2 is 2.08 bits per heavy atom. The summed E-state index contributed by atoms with van der Waals surface area (Å²) >= 11 is 2.24. The number of carbonyl (C=O) groups excluding carboxylic acids is 2. The number of aromatic nitrogens is 4. The highest BCUT2D eigenvalue weighted by Crippen LogP contribution is 2.24. The van der Waals surface area contributed by atoms with Crippen LogP contribution < -0.4 is 11.2 Å². The highest BCUT2D eigenvalue weighted by Gasteiger charge is 2.19. The van der Waals surface area contributed by atoms with Gasteiger partial charge in [-0.15, -0.1) is 10.2 Å². The minimum absolute atomic E-state index is 0.0970. The van der Waals surface area contributed by atoms with Crippen molar-refractivity contribution in [3.8, 4) is 0 Å². The van der Waals surface area contributed by atoms with Crippen LogP contribution in [0.3, 0.4) is 0 Å². The van der Waals surface area contributed by atoms with E-state index < -0.39 is 5.97 Å². The van der Waals surface area contributed by atoms with Gasteiger partial charge in [-0.2, -0.15) is 0 Å². The lowest BCUT2D eigenvalue weighted by molar-refractivity contribution is -0.113. The Bertz CT molecular complexity index is 755. The molecule has 0 spiro atoms. The Kier molecular flexibility index (Phi) is 5.78. The number of hydrogen-bond donors (Lipinski definition) is 2. The Balaban J connectivity index is 1.94. The lowest BCUT2D eigenvalue weighted by Crippen LogP contribution is -2.16. The largest absolute Gasteiger partial charge is 0.459 e. The van der Waals surface area contributed by atoms with E-state index in [2.05, 4.69) is 20.5 Å². The number of thioether (sulfide) groups is 1. The number of rotatable bonds is 6. The summed E-state index contributed by atoms with van der Waals surface area (Å²) in [6.07, 6.45) is -0.217. The molecule has 0 bridgehead atoms. The molecule has 0 saturated carbocycles. The summed E-state index contributed by atoms with van der Waals surface area (Å²) in [5.74, 6) is 5.65. The summed E-state index contributed by atoms with van der Waals surface area (Å²) in [5.41, 5.74) is 0.519. The molecule has 1 amide bonds. The van der Waals surface area contributed by atoms with Gasteiger partial charge in [0, 0.05) is 0 Å². The average molecular weight is 370 g/mol. The summed E-state index contributed by atoms with van der Waals surface area (Å²) in [4.78, 5) is 28.5. The SMILES string of the molecule is Cc1nc(NC(=O)CSc2nnc(C)n2N)sc1C(=O)OC(C)C. The molecule has 2 heterocycles. The van der Waals surface area contributed by atoms with Gasteiger partial charge < -0.3 is 15.9 Å². The third kappa shape index (κ3) is 4.45. The van der Waals surface area contributed by atoms with Gasteiger partial charge in [-0.25, -0.2) is 14.5 Å². The van der Waals surface area contributed by atoms with E-state index in [0.29, 0.717) is 26.7 Å². The van der Waals surface area contributed by atoms with Gasteiger partial charge in [-0.3, -0.25) is 4.79 Å². The summed E-state index contributed by atoms with van der Waals surface area (Å²) in [6.45, 7) is 6.95. The number of aryl methyl sites for hydroxylation is 2. The van der Waals surface area contributed by atoms with Gasteiger partial charge in [0.2, 0.25) is 11.1 Å². The second-order valence-electron chi connectivity index (χ2n) is 5.12. The van der Waals surface area contributed by atoms with Crippen LogP contribution in [0.15, 0.2) is 5.16 Å². The van der Waals surface area contributed by atoms with E-state index >= 15 is 0 Å². The first kappa shape index (κ1) is 18.2. The Labute approximate surface area is 147 Å². The van der Waals surface area contributed by atoms with Crippen LogP contribution in [0, 0.1) is 13.8 Å². The number of amides is 1. The second kappa shape index (κ2) is 7.62. The fraction of sp³-hybridized carbons (Fsp3) is 0.462. The highest BCUT2D eigenvalue weighted by atomic mass is 32.2. The maximum Gasteiger partial charge on any atom is 0.350 e.